The first-order valence-electron chi connectivity index (χ1n) is 8.82. The van der Waals surface area contributed by atoms with E-state index in [9.17, 15) is 9.59 Å². The predicted molar refractivity (Wildman–Crippen MR) is 95.9 cm³/mol. The molecule has 0 aliphatic carbocycles. The highest BCUT2D eigenvalue weighted by molar-refractivity contribution is 5.76. The van der Waals surface area contributed by atoms with Gasteiger partial charge in [0.1, 0.15) is 11.6 Å². The first-order chi connectivity index (χ1) is 11.4. The molecule has 24 heavy (non-hydrogen) atoms. The fraction of sp³-hybridized carbons (Fsp3) is 0.632. The zero-order chi connectivity index (χ0) is 18.1. The Labute approximate surface area is 144 Å². The fourth-order valence-corrected chi connectivity index (χ4v) is 2.96. The van der Waals surface area contributed by atoms with E-state index in [0.29, 0.717) is 18.4 Å². The van der Waals surface area contributed by atoms with Crippen molar-refractivity contribution in [2.24, 2.45) is 0 Å². The van der Waals surface area contributed by atoms with Crippen LogP contribution in [0.15, 0.2) is 4.79 Å². The van der Waals surface area contributed by atoms with Crippen molar-refractivity contribution in [2.75, 3.05) is 0 Å². The molecule has 5 heteroatoms. The third kappa shape index (κ3) is 5.84. The van der Waals surface area contributed by atoms with Crippen LogP contribution in [0.3, 0.4) is 0 Å². The molecule has 1 rings (SSSR count). The van der Waals surface area contributed by atoms with Crippen LogP contribution in [0, 0.1) is 25.2 Å². The highest BCUT2D eigenvalue weighted by Gasteiger charge is 2.14. The first-order valence-corrected chi connectivity index (χ1v) is 8.82. The molecule has 0 aromatic carbocycles. The third-order valence-corrected chi connectivity index (χ3v) is 4.42. The highest BCUT2D eigenvalue weighted by Crippen LogP contribution is 2.15. The van der Waals surface area contributed by atoms with E-state index in [1.807, 2.05) is 13.0 Å². The number of nitriles is 1. The summed E-state index contributed by atoms with van der Waals surface area (Å²) in [4.78, 5) is 26.5. The first kappa shape index (κ1) is 20.0. The standard InChI is InChI=1S/C19H29N3O2/c1-5-6-7-8-9-13(2)21-18(23)11-10-16-14(3)17(12-20)19(24)22-15(16)4/h13H,5-11H2,1-4H3,(H,21,23)(H,22,24). The van der Waals surface area contributed by atoms with Crippen molar-refractivity contribution >= 4 is 5.91 Å². The monoisotopic (exact) mass is 331 g/mol. The molecule has 1 atom stereocenters. The van der Waals surface area contributed by atoms with E-state index in [1.54, 1.807) is 13.8 Å². The van der Waals surface area contributed by atoms with Gasteiger partial charge in [-0.2, -0.15) is 5.26 Å². The van der Waals surface area contributed by atoms with E-state index in [1.165, 1.54) is 19.3 Å². The Morgan fingerprint density at radius 1 is 1.29 bits per heavy atom. The average molecular weight is 331 g/mol. The van der Waals surface area contributed by atoms with Crippen LogP contribution in [0.1, 0.15) is 74.8 Å². The van der Waals surface area contributed by atoms with Gasteiger partial charge in [-0.15, -0.1) is 0 Å². The van der Waals surface area contributed by atoms with Gasteiger partial charge < -0.3 is 10.3 Å². The Balaban J connectivity index is 2.56. The van der Waals surface area contributed by atoms with Crippen LogP contribution in [0.2, 0.25) is 0 Å². The van der Waals surface area contributed by atoms with Crippen molar-refractivity contribution in [3.63, 3.8) is 0 Å². The molecule has 0 bridgehead atoms. The molecule has 5 nitrogen and oxygen atoms in total. The summed E-state index contributed by atoms with van der Waals surface area (Å²) in [5.41, 5.74) is 2.08. The predicted octanol–water partition coefficient (Wildman–Crippen LogP) is 3.27. The Morgan fingerprint density at radius 3 is 2.62 bits per heavy atom. The van der Waals surface area contributed by atoms with Gasteiger partial charge >= 0.3 is 0 Å². The molecular weight excluding hydrogens is 302 g/mol. The summed E-state index contributed by atoms with van der Waals surface area (Å²) in [6.07, 6.45) is 6.69. The second-order valence-electron chi connectivity index (χ2n) is 6.49. The molecule has 0 saturated carbocycles. The topological polar surface area (TPSA) is 85.8 Å². The third-order valence-electron chi connectivity index (χ3n) is 4.42. The summed E-state index contributed by atoms with van der Waals surface area (Å²) in [6.45, 7) is 7.79. The van der Waals surface area contributed by atoms with Crippen molar-refractivity contribution in [3.05, 3.63) is 32.7 Å². The van der Waals surface area contributed by atoms with Gasteiger partial charge in [0.25, 0.3) is 5.56 Å². The summed E-state index contributed by atoms with van der Waals surface area (Å²) >= 11 is 0. The van der Waals surface area contributed by atoms with Gasteiger partial charge in [-0.25, -0.2) is 0 Å². The van der Waals surface area contributed by atoms with Gasteiger partial charge in [-0.1, -0.05) is 32.6 Å². The maximum Gasteiger partial charge on any atom is 0.266 e. The summed E-state index contributed by atoms with van der Waals surface area (Å²) in [5.74, 6) is 0.0153. The molecular formula is C19H29N3O2. The van der Waals surface area contributed by atoms with Gasteiger partial charge in [0, 0.05) is 18.2 Å². The number of carbonyl (C=O) groups excluding carboxylic acids is 1. The number of H-pyrrole nitrogens is 1. The lowest BCUT2D eigenvalue weighted by atomic mass is 9.99. The minimum absolute atomic E-state index is 0.0153. The molecule has 1 aromatic heterocycles. The number of aromatic nitrogens is 1. The smallest absolute Gasteiger partial charge is 0.266 e. The van der Waals surface area contributed by atoms with Gasteiger partial charge in [0.05, 0.1) is 0 Å². The number of aryl methyl sites for hydroxylation is 1. The van der Waals surface area contributed by atoms with Crippen LogP contribution in [0.25, 0.3) is 0 Å². The molecule has 0 aliphatic heterocycles. The summed E-state index contributed by atoms with van der Waals surface area (Å²) < 4.78 is 0. The summed E-state index contributed by atoms with van der Waals surface area (Å²) in [7, 11) is 0. The van der Waals surface area contributed by atoms with E-state index >= 15 is 0 Å². The number of amides is 1. The number of hydrogen-bond acceptors (Lipinski definition) is 3. The molecule has 132 valence electrons. The number of unbranched alkanes of at least 4 members (excludes halogenated alkanes) is 3. The maximum atomic E-state index is 12.1. The van der Waals surface area contributed by atoms with Gasteiger partial charge in [-0.05, 0) is 44.7 Å². The number of carbonyl (C=O) groups is 1. The molecule has 1 unspecified atom stereocenters. The van der Waals surface area contributed by atoms with Crippen LogP contribution >= 0.6 is 0 Å². The SMILES string of the molecule is CCCCCCC(C)NC(=O)CCc1c(C)[nH]c(=O)c(C#N)c1C. The molecule has 0 fully saturated rings. The quantitative estimate of drug-likeness (QED) is 0.681. The minimum atomic E-state index is -0.360. The second kappa shape index (κ2) is 9.92. The number of aromatic amines is 1. The fourth-order valence-electron chi connectivity index (χ4n) is 2.96. The normalized spacial score (nSPS) is 11.8. The number of pyridine rings is 1. The molecule has 0 spiro atoms. The van der Waals surface area contributed by atoms with Gasteiger partial charge in [-0.3, -0.25) is 9.59 Å². The van der Waals surface area contributed by atoms with Crippen LogP contribution in [0.5, 0.6) is 0 Å². The molecule has 1 amide bonds. The van der Waals surface area contributed by atoms with Crippen LogP contribution in [-0.4, -0.2) is 16.9 Å². The molecule has 0 saturated heterocycles. The zero-order valence-corrected chi connectivity index (χ0v) is 15.3. The molecule has 0 radical (unpaired) electrons. The molecule has 1 aromatic rings. The second-order valence-corrected chi connectivity index (χ2v) is 6.49. The van der Waals surface area contributed by atoms with E-state index in [-0.39, 0.29) is 23.1 Å². The molecule has 0 aliphatic rings. The maximum absolute atomic E-state index is 12.1. The van der Waals surface area contributed by atoms with Crippen molar-refractivity contribution in [3.8, 4) is 6.07 Å². The number of hydrogen-bond donors (Lipinski definition) is 2. The lowest BCUT2D eigenvalue weighted by Gasteiger charge is -2.15. The Hall–Kier alpha value is -2.09. The lowest BCUT2D eigenvalue weighted by molar-refractivity contribution is -0.121. The van der Waals surface area contributed by atoms with Crippen LogP contribution in [-0.2, 0) is 11.2 Å². The molecule has 2 N–H and O–H groups in total. The minimum Gasteiger partial charge on any atom is -0.354 e. The Bertz CT molecular complexity index is 656. The summed E-state index contributed by atoms with van der Waals surface area (Å²) in [5, 5.41) is 12.1. The summed E-state index contributed by atoms with van der Waals surface area (Å²) in [6, 6.07) is 2.12. The lowest BCUT2D eigenvalue weighted by Crippen LogP contribution is -2.32. The number of nitrogens with zero attached hydrogens (tertiary/aromatic N) is 1. The molecule has 1 heterocycles. The average Bonchev–Trinajstić information content (AvgIpc) is 2.51. The van der Waals surface area contributed by atoms with Crippen LogP contribution in [0.4, 0.5) is 0 Å². The van der Waals surface area contributed by atoms with E-state index in [4.69, 9.17) is 5.26 Å². The van der Waals surface area contributed by atoms with Crippen LogP contribution < -0.4 is 10.9 Å². The van der Waals surface area contributed by atoms with Crippen molar-refractivity contribution in [1.82, 2.24) is 10.3 Å². The zero-order valence-electron chi connectivity index (χ0n) is 15.3. The van der Waals surface area contributed by atoms with Crippen molar-refractivity contribution in [1.29, 1.82) is 5.26 Å². The number of nitrogens with one attached hydrogen (secondary N) is 2. The largest absolute Gasteiger partial charge is 0.354 e. The Morgan fingerprint density at radius 2 is 2.00 bits per heavy atom. The van der Waals surface area contributed by atoms with Gasteiger partial charge in [0.2, 0.25) is 5.91 Å². The van der Waals surface area contributed by atoms with E-state index in [0.717, 1.165) is 24.1 Å². The number of rotatable bonds is 9. The van der Waals surface area contributed by atoms with Gasteiger partial charge in [0.15, 0.2) is 0 Å². The Kier molecular flexibility index (Phi) is 8.25. The van der Waals surface area contributed by atoms with E-state index in [2.05, 4.69) is 17.2 Å². The van der Waals surface area contributed by atoms with E-state index < -0.39 is 0 Å². The van der Waals surface area contributed by atoms with Crippen molar-refractivity contribution < 1.29 is 4.79 Å². The highest BCUT2D eigenvalue weighted by atomic mass is 16.1. The van der Waals surface area contributed by atoms with Crippen molar-refractivity contribution in [2.45, 2.75) is 78.7 Å².